The number of carbonyl (C=O) groups excluding carboxylic acids is 1. The number of piperidine rings is 1. The molecule has 0 spiro atoms. The van der Waals surface area contributed by atoms with E-state index in [0.29, 0.717) is 43.6 Å². The Balaban J connectivity index is 1.33. The summed E-state index contributed by atoms with van der Waals surface area (Å²) in [7, 11) is 0. The van der Waals surface area contributed by atoms with E-state index in [1.54, 1.807) is 11.8 Å². The highest BCUT2D eigenvalue weighted by Crippen LogP contribution is 2.15. The smallest absolute Gasteiger partial charge is 0.260 e. The van der Waals surface area contributed by atoms with Crippen molar-refractivity contribution in [1.82, 2.24) is 15.0 Å². The number of likely N-dealkylation sites (tertiary alicyclic amines) is 1. The Morgan fingerprint density at radius 3 is 2.69 bits per heavy atom. The zero-order valence-corrected chi connectivity index (χ0v) is 14.7. The van der Waals surface area contributed by atoms with Crippen molar-refractivity contribution in [2.24, 2.45) is 0 Å². The highest BCUT2D eigenvalue weighted by molar-refractivity contribution is 5.77. The molecular weight excluding hydrogens is 341 g/mol. The summed E-state index contributed by atoms with van der Waals surface area (Å²) in [5.41, 5.74) is 0. The minimum absolute atomic E-state index is 0.0473. The molecule has 0 bridgehead atoms. The van der Waals surface area contributed by atoms with E-state index in [-0.39, 0.29) is 24.4 Å². The molecule has 1 aliphatic heterocycles. The van der Waals surface area contributed by atoms with Crippen LogP contribution in [-0.4, -0.2) is 53.4 Å². The van der Waals surface area contributed by atoms with Crippen molar-refractivity contribution in [1.29, 1.82) is 0 Å². The lowest BCUT2D eigenvalue weighted by atomic mass is 10.1. The number of hydrogen-bond donors (Lipinski definition) is 0. The maximum Gasteiger partial charge on any atom is 0.260 e. The van der Waals surface area contributed by atoms with Gasteiger partial charge in [-0.05, 0) is 37.1 Å². The lowest BCUT2D eigenvalue weighted by molar-refractivity contribution is -0.136. The van der Waals surface area contributed by atoms with Crippen molar-refractivity contribution in [3.63, 3.8) is 0 Å². The van der Waals surface area contributed by atoms with Crippen LogP contribution in [0.5, 0.6) is 5.75 Å². The third-order valence-electron chi connectivity index (χ3n) is 4.22. The third kappa shape index (κ3) is 5.26. The Morgan fingerprint density at radius 2 is 2.04 bits per heavy atom. The van der Waals surface area contributed by atoms with Crippen molar-refractivity contribution in [3.05, 3.63) is 41.8 Å². The van der Waals surface area contributed by atoms with Crippen LogP contribution in [-0.2, 0) is 16.0 Å². The van der Waals surface area contributed by atoms with Crippen LogP contribution in [0.3, 0.4) is 0 Å². The van der Waals surface area contributed by atoms with E-state index in [2.05, 4.69) is 10.1 Å². The van der Waals surface area contributed by atoms with Gasteiger partial charge in [0, 0.05) is 26.4 Å². The van der Waals surface area contributed by atoms with Gasteiger partial charge < -0.3 is 18.9 Å². The molecule has 1 aromatic heterocycles. The van der Waals surface area contributed by atoms with E-state index in [0.717, 1.165) is 12.8 Å². The molecule has 0 atom stereocenters. The van der Waals surface area contributed by atoms with Crippen molar-refractivity contribution in [3.8, 4) is 5.75 Å². The summed E-state index contributed by atoms with van der Waals surface area (Å²) in [6.45, 7) is 3.51. The van der Waals surface area contributed by atoms with Crippen molar-refractivity contribution in [2.75, 3.05) is 26.3 Å². The Morgan fingerprint density at radius 1 is 1.31 bits per heavy atom. The van der Waals surface area contributed by atoms with Gasteiger partial charge in [-0.15, -0.1) is 0 Å². The molecule has 3 rings (SSSR count). The van der Waals surface area contributed by atoms with E-state index in [1.165, 1.54) is 24.3 Å². The van der Waals surface area contributed by atoms with Gasteiger partial charge in [-0.25, -0.2) is 4.39 Å². The van der Waals surface area contributed by atoms with Crippen LogP contribution in [0.1, 0.15) is 24.6 Å². The molecule has 0 radical (unpaired) electrons. The molecule has 0 unspecified atom stereocenters. The molecule has 0 aliphatic carbocycles. The fourth-order valence-electron chi connectivity index (χ4n) is 2.80. The topological polar surface area (TPSA) is 77.7 Å². The molecule has 0 saturated carbocycles. The van der Waals surface area contributed by atoms with Crippen molar-refractivity contribution in [2.45, 2.75) is 32.3 Å². The number of hydrogen-bond acceptors (Lipinski definition) is 6. The number of benzene rings is 1. The van der Waals surface area contributed by atoms with Crippen LogP contribution >= 0.6 is 0 Å². The summed E-state index contributed by atoms with van der Waals surface area (Å²) in [6.07, 6.45) is 2.31. The van der Waals surface area contributed by atoms with Crippen LogP contribution in [0, 0.1) is 12.7 Å². The van der Waals surface area contributed by atoms with Gasteiger partial charge in [0.2, 0.25) is 5.89 Å². The van der Waals surface area contributed by atoms with Gasteiger partial charge in [-0.1, -0.05) is 5.16 Å². The zero-order valence-electron chi connectivity index (χ0n) is 14.7. The molecule has 26 heavy (non-hydrogen) atoms. The maximum absolute atomic E-state index is 12.8. The molecule has 1 aliphatic rings. The van der Waals surface area contributed by atoms with Gasteiger partial charge in [0.1, 0.15) is 11.6 Å². The van der Waals surface area contributed by atoms with Crippen LogP contribution < -0.4 is 4.74 Å². The summed E-state index contributed by atoms with van der Waals surface area (Å²) in [6, 6.07) is 5.62. The predicted molar refractivity (Wildman–Crippen MR) is 90.2 cm³/mol. The number of amides is 1. The second kappa shape index (κ2) is 8.75. The number of ether oxygens (including phenoxy) is 2. The Kier molecular flexibility index (Phi) is 6.17. The molecule has 140 valence electrons. The lowest BCUT2D eigenvalue weighted by Gasteiger charge is -2.31. The fourth-order valence-corrected chi connectivity index (χ4v) is 2.80. The molecule has 1 saturated heterocycles. The normalized spacial score (nSPS) is 15.2. The number of carbonyl (C=O) groups is 1. The van der Waals surface area contributed by atoms with E-state index < -0.39 is 0 Å². The molecule has 2 heterocycles. The zero-order chi connectivity index (χ0) is 18.4. The second-order valence-electron chi connectivity index (χ2n) is 6.17. The third-order valence-corrected chi connectivity index (χ3v) is 4.22. The van der Waals surface area contributed by atoms with Gasteiger partial charge in [-0.2, -0.15) is 4.98 Å². The summed E-state index contributed by atoms with van der Waals surface area (Å²) in [5, 5.41) is 3.83. The van der Waals surface area contributed by atoms with E-state index in [9.17, 15) is 9.18 Å². The lowest BCUT2D eigenvalue weighted by Crippen LogP contribution is -2.43. The Bertz CT molecular complexity index is 711. The number of aryl methyl sites for hydroxylation is 1. The number of aromatic nitrogens is 2. The maximum atomic E-state index is 12.8. The second-order valence-corrected chi connectivity index (χ2v) is 6.17. The molecule has 2 aromatic rings. The molecular formula is C18H22FN3O4. The van der Waals surface area contributed by atoms with Gasteiger partial charge >= 0.3 is 0 Å². The van der Waals surface area contributed by atoms with Crippen LogP contribution in [0.25, 0.3) is 0 Å². The van der Waals surface area contributed by atoms with Crippen molar-refractivity contribution < 1.29 is 23.2 Å². The number of nitrogens with zero attached hydrogens (tertiary/aromatic N) is 3. The number of rotatable bonds is 7. The Labute approximate surface area is 151 Å². The molecule has 0 N–H and O–H groups in total. The highest BCUT2D eigenvalue weighted by Gasteiger charge is 2.23. The average Bonchev–Trinajstić information content (AvgIpc) is 3.07. The van der Waals surface area contributed by atoms with Crippen LogP contribution in [0.2, 0.25) is 0 Å². The predicted octanol–water partition coefficient (Wildman–Crippen LogP) is 2.15. The molecule has 1 aromatic carbocycles. The summed E-state index contributed by atoms with van der Waals surface area (Å²) in [5.74, 6) is 1.27. The number of halogens is 1. The SMILES string of the molecule is Cc1nc(CCOC2CCN(C(=O)COc3ccc(F)cc3)CC2)no1. The monoisotopic (exact) mass is 363 g/mol. The first-order valence-electron chi connectivity index (χ1n) is 8.67. The fraction of sp³-hybridized carbons (Fsp3) is 0.500. The van der Waals surface area contributed by atoms with Gasteiger partial charge in [0.25, 0.3) is 5.91 Å². The van der Waals surface area contributed by atoms with Gasteiger partial charge in [-0.3, -0.25) is 4.79 Å². The minimum Gasteiger partial charge on any atom is -0.484 e. The first-order chi connectivity index (χ1) is 12.6. The van der Waals surface area contributed by atoms with E-state index in [1.807, 2.05) is 0 Å². The summed E-state index contributed by atoms with van der Waals surface area (Å²) >= 11 is 0. The standard InChI is InChI=1S/C18H22FN3O4/c1-13-20-17(21-26-13)8-11-24-16-6-9-22(10-7-16)18(23)12-25-15-4-2-14(19)3-5-15/h2-5,16H,6-12H2,1H3. The molecule has 1 amide bonds. The highest BCUT2D eigenvalue weighted by atomic mass is 19.1. The molecule has 8 heteroatoms. The molecule has 1 fully saturated rings. The van der Waals surface area contributed by atoms with E-state index in [4.69, 9.17) is 14.0 Å². The van der Waals surface area contributed by atoms with Gasteiger partial charge in [0.15, 0.2) is 12.4 Å². The quantitative estimate of drug-likeness (QED) is 0.750. The van der Waals surface area contributed by atoms with E-state index >= 15 is 0 Å². The average molecular weight is 363 g/mol. The van der Waals surface area contributed by atoms with Crippen LogP contribution in [0.4, 0.5) is 4.39 Å². The van der Waals surface area contributed by atoms with Gasteiger partial charge in [0.05, 0.1) is 12.7 Å². The summed E-state index contributed by atoms with van der Waals surface area (Å²) in [4.78, 5) is 18.1. The largest absolute Gasteiger partial charge is 0.484 e. The summed E-state index contributed by atoms with van der Waals surface area (Å²) < 4.78 is 29.0. The first kappa shape index (κ1) is 18.3. The Hall–Kier alpha value is -2.48. The van der Waals surface area contributed by atoms with Crippen LogP contribution in [0.15, 0.2) is 28.8 Å². The first-order valence-corrected chi connectivity index (χ1v) is 8.67. The molecule has 7 nitrogen and oxygen atoms in total. The minimum atomic E-state index is -0.333. The van der Waals surface area contributed by atoms with Crippen molar-refractivity contribution >= 4 is 5.91 Å².